The van der Waals surface area contributed by atoms with Crippen LogP contribution in [0.1, 0.15) is 16.1 Å². The number of carboxylic acids is 1. The maximum atomic E-state index is 12.2. The molecule has 0 aliphatic rings. The fourth-order valence-corrected chi connectivity index (χ4v) is 4.09. The first kappa shape index (κ1) is 14.9. The number of benzene rings is 1. The van der Waals surface area contributed by atoms with Crippen LogP contribution in [0.2, 0.25) is 0 Å². The third-order valence-electron chi connectivity index (χ3n) is 2.43. The number of aromatic nitrogens is 1. The van der Waals surface area contributed by atoms with E-state index in [4.69, 9.17) is 5.11 Å². The number of anilines is 1. The van der Waals surface area contributed by atoms with Gasteiger partial charge in [-0.15, -0.1) is 11.3 Å². The van der Waals surface area contributed by atoms with Crippen LogP contribution in [0.25, 0.3) is 0 Å². The molecule has 0 saturated heterocycles. The van der Waals surface area contributed by atoms with Crippen LogP contribution in [0.4, 0.5) is 5.69 Å². The number of thiazole rings is 1. The lowest BCUT2D eigenvalue weighted by atomic mass is 10.2. The summed E-state index contributed by atoms with van der Waals surface area (Å²) in [5.41, 5.74) is 1.81. The molecule has 0 spiro atoms. The molecule has 20 heavy (non-hydrogen) atoms. The molecule has 2 rings (SSSR count). The predicted octanol–water partition coefficient (Wildman–Crippen LogP) is 2.71. The van der Waals surface area contributed by atoms with Gasteiger partial charge in [0.15, 0.2) is 9.90 Å². The molecule has 0 aliphatic carbocycles. The second-order valence-electron chi connectivity index (χ2n) is 3.86. The minimum absolute atomic E-state index is 0.315. The van der Waals surface area contributed by atoms with E-state index in [1.165, 1.54) is 5.51 Å². The third-order valence-corrected chi connectivity index (χ3v) is 5.65. The van der Waals surface area contributed by atoms with Gasteiger partial charge in [0.25, 0.3) is 10.0 Å². The van der Waals surface area contributed by atoms with Gasteiger partial charge in [0.05, 0.1) is 11.2 Å². The monoisotopic (exact) mass is 376 g/mol. The molecule has 0 radical (unpaired) electrons. The zero-order valence-corrected chi connectivity index (χ0v) is 13.3. The average molecular weight is 377 g/mol. The van der Waals surface area contributed by atoms with Crippen molar-refractivity contribution in [2.24, 2.45) is 0 Å². The fourth-order valence-electron chi connectivity index (χ4n) is 1.46. The van der Waals surface area contributed by atoms with E-state index in [1.54, 1.807) is 25.1 Å². The van der Waals surface area contributed by atoms with Crippen molar-refractivity contribution in [2.75, 3.05) is 4.72 Å². The van der Waals surface area contributed by atoms with Gasteiger partial charge in [0, 0.05) is 4.47 Å². The maximum absolute atomic E-state index is 12.2. The highest BCUT2D eigenvalue weighted by Gasteiger charge is 2.26. The van der Waals surface area contributed by atoms with Crippen LogP contribution in [-0.2, 0) is 10.0 Å². The molecule has 0 amide bonds. The van der Waals surface area contributed by atoms with Crippen molar-refractivity contribution < 1.29 is 18.3 Å². The van der Waals surface area contributed by atoms with Crippen LogP contribution in [0, 0.1) is 6.92 Å². The number of hydrogen-bond acceptors (Lipinski definition) is 5. The Hall–Kier alpha value is -1.45. The molecule has 2 aromatic rings. The summed E-state index contributed by atoms with van der Waals surface area (Å²) in [6.07, 6.45) is 0. The molecule has 6 nitrogen and oxygen atoms in total. The van der Waals surface area contributed by atoms with E-state index in [0.29, 0.717) is 10.2 Å². The molecule has 106 valence electrons. The van der Waals surface area contributed by atoms with Gasteiger partial charge in [-0.1, -0.05) is 22.0 Å². The van der Waals surface area contributed by atoms with Crippen molar-refractivity contribution in [3.63, 3.8) is 0 Å². The van der Waals surface area contributed by atoms with E-state index in [1.807, 2.05) is 0 Å². The molecule has 0 saturated carbocycles. The van der Waals surface area contributed by atoms with E-state index >= 15 is 0 Å². The fraction of sp³-hybridized carbons (Fsp3) is 0.0909. The summed E-state index contributed by atoms with van der Waals surface area (Å²) in [6, 6.07) is 5.13. The van der Waals surface area contributed by atoms with E-state index in [-0.39, 0.29) is 4.21 Å². The number of sulfonamides is 1. The largest absolute Gasteiger partial charge is 0.476 e. The van der Waals surface area contributed by atoms with Gasteiger partial charge in [-0.2, -0.15) is 0 Å². The third kappa shape index (κ3) is 3.00. The number of nitrogens with zero attached hydrogens (tertiary/aromatic N) is 1. The number of aromatic carboxylic acids is 1. The highest BCUT2D eigenvalue weighted by atomic mass is 79.9. The van der Waals surface area contributed by atoms with Gasteiger partial charge in [-0.25, -0.2) is 18.2 Å². The van der Waals surface area contributed by atoms with Gasteiger partial charge in [0.1, 0.15) is 0 Å². The first-order chi connectivity index (χ1) is 9.31. The number of halogens is 1. The Kier molecular flexibility index (Phi) is 4.11. The Bertz CT molecular complexity index is 770. The second-order valence-corrected chi connectivity index (χ2v) is 7.51. The molecule has 1 heterocycles. The van der Waals surface area contributed by atoms with Crippen molar-refractivity contribution >= 4 is 48.9 Å². The van der Waals surface area contributed by atoms with Crippen LogP contribution < -0.4 is 4.72 Å². The minimum Gasteiger partial charge on any atom is -0.476 e. The predicted molar refractivity (Wildman–Crippen MR) is 78.8 cm³/mol. The molecule has 9 heteroatoms. The van der Waals surface area contributed by atoms with Crippen LogP contribution in [-0.4, -0.2) is 24.5 Å². The summed E-state index contributed by atoms with van der Waals surface area (Å²) in [5.74, 6) is -1.38. The molecule has 0 atom stereocenters. The van der Waals surface area contributed by atoms with Gasteiger partial charge in [-0.3, -0.25) is 4.72 Å². The average Bonchev–Trinajstić information content (AvgIpc) is 2.83. The maximum Gasteiger partial charge on any atom is 0.356 e. The van der Waals surface area contributed by atoms with E-state index < -0.39 is 21.7 Å². The lowest BCUT2D eigenvalue weighted by molar-refractivity contribution is 0.0687. The summed E-state index contributed by atoms with van der Waals surface area (Å²) in [6.45, 7) is 1.75. The lowest BCUT2D eigenvalue weighted by Crippen LogP contribution is -2.16. The summed E-state index contributed by atoms with van der Waals surface area (Å²) < 4.78 is 27.2. The number of rotatable bonds is 4. The van der Waals surface area contributed by atoms with Crippen LogP contribution >= 0.6 is 27.3 Å². The Morgan fingerprint density at radius 1 is 1.45 bits per heavy atom. The highest BCUT2D eigenvalue weighted by Crippen LogP contribution is 2.26. The normalized spacial score (nSPS) is 11.3. The summed E-state index contributed by atoms with van der Waals surface area (Å²) in [7, 11) is -3.98. The number of carboxylic acid groups (broad SMARTS) is 1. The van der Waals surface area contributed by atoms with Crippen LogP contribution in [0.3, 0.4) is 0 Å². The van der Waals surface area contributed by atoms with E-state index in [0.717, 1.165) is 16.9 Å². The Labute approximate surface area is 127 Å². The lowest BCUT2D eigenvalue weighted by Gasteiger charge is -2.10. The van der Waals surface area contributed by atoms with Gasteiger partial charge in [0.2, 0.25) is 0 Å². The van der Waals surface area contributed by atoms with Gasteiger partial charge < -0.3 is 5.11 Å². The van der Waals surface area contributed by atoms with E-state index in [2.05, 4.69) is 25.6 Å². The molecule has 0 unspecified atom stereocenters. The standard InChI is InChI=1S/C11H9BrN2O4S2/c1-6-2-3-7(12)4-8(6)14-20(17,18)11-9(10(15)16)13-5-19-11/h2-5,14H,1H3,(H,15,16). The first-order valence-corrected chi connectivity index (χ1v) is 8.42. The summed E-state index contributed by atoms with van der Waals surface area (Å²) in [4.78, 5) is 14.5. The van der Waals surface area contributed by atoms with Crippen LogP contribution in [0.5, 0.6) is 0 Å². The Morgan fingerprint density at radius 3 is 2.80 bits per heavy atom. The van der Waals surface area contributed by atoms with Crippen molar-refractivity contribution in [3.05, 3.63) is 39.4 Å². The van der Waals surface area contributed by atoms with Gasteiger partial charge in [-0.05, 0) is 24.6 Å². The molecule has 0 fully saturated rings. The zero-order valence-electron chi connectivity index (χ0n) is 10.1. The number of nitrogens with one attached hydrogen (secondary N) is 1. The Balaban J connectivity index is 2.44. The molecule has 1 aromatic heterocycles. The minimum atomic E-state index is -3.98. The molecular weight excluding hydrogens is 368 g/mol. The topological polar surface area (TPSA) is 96.4 Å². The molecule has 2 N–H and O–H groups in total. The molecule has 1 aromatic carbocycles. The summed E-state index contributed by atoms with van der Waals surface area (Å²) in [5, 5.41) is 8.93. The quantitative estimate of drug-likeness (QED) is 0.854. The SMILES string of the molecule is Cc1ccc(Br)cc1NS(=O)(=O)c1scnc1C(=O)O. The smallest absolute Gasteiger partial charge is 0.356 e. The van der Waals surface area contributed by atoms with Crippen molar-refractivity contribution in [3.8, 4) is 0 Å². The van der Waals surface area contributed by atoms with Crippen molar-refractivity contribution in [2.45, 2.75) is 11.1 Å². The number of aryl methyl sites for hydroxylation is 1. The molecule has 0 aliphatic heterocycles. The van der Waals surface area contributed by atoms with Crippen molar-refractivity contribution in [1.82, 2.24) is 4.98 Å². The second kappa shape index (κ2) is 5.51. The highest BCUT2D eigenvalue weighted by molar-refractivity contribution is 9.10. The van der Waals surface area contributed by atoms with Crippen molar-refractivity contribution in [1.29, 1.82) is 0 Å². The molecular formula is C11H9BrN2O4S2. The zero-order chi connectivity index (χ0) is 14.9. The van der Waals surface area contributed by atoms with Crippen LogP contribution in [0.15, 0.2) is 32.4 Å². The first-order valence-electron chi connectivity index (χ1n) is 5.27. The molecule has 0 bridgehead atoms. The van der Waals surface area contributed by atoms with Gasteiger partial charge >= 0.3 is 5.97 Å². The number of carbonyl (C=O) groups is 1. The number of hydrogen-bond donors (Lipinski definition) is 2. The summed E-state index contributed by atoms with van der Waals surface area (Å²) >= 11 is 4.01. The van der Waals surface area contributed by atoms with E-state index in [9.17, 15) is 13.2 Å². The Morgan fingerprint density at radius 2 is 2.15 bits per heavy atom.